The summed E-state index contributed by atoms with van der Waals surface area (Å²) in [5.74, 6) is -0.876. The maximum Gasteiger partial charge on any atom is 0.292 e. The third-order valence-corrected chi connectivity index (χ3v) is 5.01. The van der Waals surface area contributed by atoms with Gasteiger partial charge in [0.15, 0.2) is 0 Å². The molecule has 10 nitrogen and oxygen atoms in total. The highest BCUT2D eigenvalue weighted by atomic mass is 16.6. The number of carbonyl (C=O) groups excluding carboxylic acids is 2. The molecule has 3 rings (SSSR count). The Bertz CT molecular complexity index is 917. The van der Waals surface area contributed by atoms with Crippen LogP contribution >= 0.6 is 0 Å². The molecule has 2 aromatic rings. The number of aromatic nitrogens is 2. The lowest BCUT2D eigenvalue weighted by molar-refractivity contribution is -0.384. The summed E-state index contributed by atoms with van der Waals surface area (Å²) in [6, 6.07) is 8.47. The standard InChI is InChI=1S/C19H24N6O4/c1-13-11-14(2)24(22-13)12-18(26)20-21-19(27)15-7-9-23(10-8-15)16-5-3-4-6-17(16)25(28)29/h3-6,11,15H,7-10,12H2,1-2H3,(H,20,26)(H,21,27). The van der Waals surface area contributed by atoms with Gasteiger partial charge in [0.25, 0.3) is 11.6 Å². The van der Waals surface area contributed by atoms with Crippen molar-refractivity contribution in [2.24, 2.45) is 5.92 Å². The van der Waals surface area contributed by atoms with E-state index < -0.39 is 4.92 Å². The number of amides is 2. The summed E-state index contributed by atoms with van der Waals surface area (Å²) < 4.78 is 1.57. The van der Waals surface area contributed by atoms with E-state index in [0.717, 1.165) is 11.4 Å². The van der Waals surface area contributed by atoms with E-state index in [-0.39, 0.29) is 30.0 Å². The van der Waals surface area contributed by atoms with Crippen LogP contribution in [0.1, 0.15) is 24.2 Å². The zero-order chi connectivity index (χ0) is 21.0. The number of piperidine rings is 1. The molecule has 10 heteroatoms. The molecule has 0 bridgehead atoms. The molecule has 0 radical (unpaired) electrons. The van der Waals surface area contributed by atoms with Crippen molar-refractivity contribution in [2.75, 3.05) is 18.0 Å². The van der Waals surface area contributed by atoms with Crippen molar-refractivity contribution in [3.8, 4) is 0 Å². The van der Waals surface area contributed by atoms with Crippen molar-refractivity contribution >= 4 is 23.2 Å². The molecular weight excluding hydrogens is 376 g/mol. The van der Waals surface area contributed by atoms with Gasteiger partial charge in [-0.1, -0.05) is 12.1 Å². The number of anilines is 1. The molecule has 1 fully saturated rings. The highest BCUT2D eigenvalue weighted by Gasteiger charge is 2.28. The largest absolute Gasteiger partial charge is 0.366 e. The van der Waals surface area contributed by atoms with Crippen molar-refractivity contribution in [1.29, 1.82) is 0 Å². The van der Waals surface area contributed by atoms with Crippen molar-refractivity contribution in [3.05, 3.63) is 51.8 Å². The Morgan fingerprint density at radius 2 is 1.90 bits per heavy atom. The summed E-state index contributed by atoms with van der Waals surface area (Å²) in [5, 5.41) is 15.4. The number of nitro groups is 1. The molecule has 1 aromatic carbocycles. The zero-order valence-electron chi connectivity index (χ0n) is 16.4. The average Bonchev–Trinajstić information content (AvgIpc) is 3.02. The summed E-state index contributed by atoms with van der Waals surface area (Å²) in [6.07, 6.45) is 1.09. The van der Waals surface area contributed by atoms with Crippen LogP contribution in [0.15, 0.2) is 30.3 Å². The maximum atomic E-state index is 12.4. The minimum absolute atomic E-state index is 0.0239. The Morgan fingerprint density at radius 1 is 1.21 bits per heavy atom. The second-order valence-electron chi connectivity index (χ2n) is 7.13. The Balaban J connectivity index is 1.48. The number of nitrogens with one attached hydrogen (secondary N) is 2. The van der Waals surface area contributed by atoms with Crippen molar-refractivity contribution in [2.45, 2.75) is 33.2 Å². The van der Waals surface area contributed by atoms with Crippen LogP contribution in [-0.2, 0) is 16.1 Å². The molecule has 0 atom stereocenters. The van der Waals surface area contributed by atoms with Crippen molar-refractivity contribution in [1.82, 2.24) is 20.6 Å². The lowest BCUT2D eigenvalue weighted by atomic mass is 9.95. The predicted molar refractivity (Wildman–Crippen MR) is 106 cm³/mol. The maximum absolute atomic E-state index is 12.4. The molecule has 1 aliphatic heterocycles. The van der Waals surface area contributed by atoms with Gasteiger partial charge in [0.1, 0.15) is 12.2 Å². The number of benzene rings is 1. The van der Waals surface area contributed by atoms with Gasteiger partial charge in [0.05, 0.1) is 10.6 Å². The monoisotopic (exact) mass is 400 g/mol. The number of para-hydroxylation sites is 2. The minimum Gasteiger partial charge on any atom is -0.366 e. The van der Waals surface area contributed by atoms with Gasteiger partial charge in [-0.25, -0.2) is 0 Å². The molecule has 1 aliphatic rings. The fourth-order valence-corrected chi connectivity index (χ4v) is 3.51. The second kappa shape index (κ2) is 8.72. The number of nitrogens with zero attached hydrogens (tertiary/aromatic N) is 4. The third-order valence-electron chi connectivity index (χ3n) is 5.01. The van der Waals surface area contributed by atoms with E-state index in [0.29, 0.717) is 31.6 Å². The molecule has 2 N–H and O–H groups in total. The van der Waals surface area contributed by atoms with Gasteiger partial charge < -0.3 is 4.90 Å². The van der Waals surface area contributed by atoms with Crippen LogP contribution < -0.4 is 15.8 Å². The molecule has 154 valence electrons. The molecule has 1 saturated heterocycles. The van der Waals surface area contributed by atoms with Crippen molar-refractivity contribution in [3.63, 3.8) is 0 Å². The van der Waals surface area contributed by atoms with Gasteiger partial charge in [0, 0.05) is 30.8 Å². The SMILES string of the molecule is Cc1cc(C)n(CC(=O)NNC(=O)C2CCN(c3ccccc3[N+](=O)[O-])CC2)n1. The number of carbonyl (C=O) groups is 2. The molecule has 0 unspecified atom stereocenters. The molecule has 1 aromatic heterocycles. The highest BCUT2D eigenvalue weighted by molar-refractivity contribution is 5.83. The lowest BCUT2D eigenvalue weighted by Crippen LogP contribution is -2.48. The number of hydrazine groups is 1. The summed E-state index contributed by atoms with van der Waals surface area (Å²) in [6.45, 7) is 4.79. The topological polar surface area (TPSA) is 122 Å². The Kier molecular flexibility index (Phi) is 6.10. The van der Waals surface area contributed by atoms with Crippen LogP contribution in [0.3, 0.4) is 0 Å². The van der Waals surface area contributed by atoms with Crippen LogP contribution in [0, 0.1) is 29.9 Å². The van der Waals surface area contributed by atoms with E-state index >= 15 is 0 Å². The third kappa shape index (κ3) is 4.89. The molecule has 29 heavy (non-hydrogen) atoms. The number of nitro benzene ring substituents is 1. The number of rotatable bonds is 5. The van der Waals surface area contributed by atoms with E-state index in [1.165, 1.54) is 6.07 Å². The number of hydrogen-bond acceptors (Lipinski definition) is 6. The quantitative estimate of drug-likeness (QED) is 0.579. The normalized spacial score (nSPS) is 14.5. The fraction of sp³-hybridized carbons (Fsp3) is 0.421. The lowest BCUT2D eigenvalue weighted by Gasteiger charge is -2.32. The van der Waals surface area contributed by atoms with Crippen LogP contribution in [0.25, 0.3) is 0 Å². The molecule has 0 saturated carbocycles. The summed E-state index contributed by atoms with van der Waals surface area (Å²) in [4.78, 5) is 37.1. The highest BCUT2D eigenvalue weighted by Crippen LogP contribution is 2.31. The van der Waals surface area contributed by atoms with E-state index in [4.69, 9.17) is 0 Å². The summed E-state index contributed by atoms with van der Waals surface area (Å²) in [5.41, 5.74) is 7.22. The number of hydrogen-bond donors (Lipinski definition) is 2. The predicted octanol–water partition coefficient (Wildman–Crippen LogP) is 1.47. The fourth-order valence-electron chi connectivity index (χ4n) is 3.51. The average molecular weight is 400 g/mol. The van der Waals surface area contributed by atoms with Crippen LogP contribution in [-0.4, -0.2) is 39.6 Å². The minimum atomic E-state index is -0.396. The van der Waals surface area contributed by atoms with E-state index in [9.17, 15) is 19.7 Å². The Labute approximate surface area is 168 Å². The number of aryl methyl sites for hydroxylation is 2. The second-order valence-corrected chi connectivity index (χ2v) is 7.13. The molecule has 0 aliphatic carbocycles. The van der Waals surface area contributed by atoms with Gasteiger partial charge >= 0.3 is 0 Å². The first-order chi connectivity index (χ1) is 13.8. The zero-order valence-corrected chi connectivity index (χ0v) is 16.4. The Morgan fingerprint density at radius 3 is 2.52 bits per heavy atom. The van der Waals surface area contributed by atoms with E-state index in [2.05, 4.69) is 16.0 Å². The smallest absolute Gasteiger partial charge is 0.292 e. The molecule has 2 heterocycles. The molecule has 2 amide bonds. The van der Waals surface area contributed by atoms with E-state index in [1.54, 1.807) is 22.9 Å². The van der Waals surface area contributed by atoms with Crippen LogP contribution in [0.4, 0.5) is 11.4 Å². The summed E-state index contributed by atoms with van der Waals surface area (Å²) >= 11 is 0. The van der Waals surface area contributed by atoms with Crippen LogP contribution in [0.2, 0.25) is 0 Å². The Hall–Kier alpha value is -3.43. The van der Waals surface area contributed by atoms with Crippen molar-refractivity contribution < 1.29 is 14.5 Å². The molecule has 0 spiro atoms. The van der Waals surface area contributed by atoms with Gasteiger partial charge in [0.2, 0.25) is 5.91 Å². The van der Waals surface area contributed by atoms with Gasteiger partial charge in [-0.3, -0.25) is 35.2 Å². The van der Waals surface area contributed by atoms with Gasteiger partial charge in [-0.05, 0) is 38.8 Å². The molecular formula is C19H24N6O4. The van der Waals surface area contributed by atoms with E-state index in [1.807, 2.05) is 24.8 Å². The van der Waals surface area contributed by atoms with Gasteiger partial charge in [-0.2, -0.15) is 5.10 Å². The first kappa shape index (κ1) is 20.3. The van der Waals surface area contributed by atoms with Crippen LogP contribution in [0.5, 0.6) is 0 Å². The first-order valence-electron chi connectivity index (χ1n) is 9.43. The summed E-state index contributed by atoms with van der Waals surface area (Å²) in [7, 11) is 0. The first-order valence-corrected chi connectivity index (χ1v) is 9.43. The van der Waals surface area contributed by atoms with Gasteiger partial charge in [-0.15, -0.1) is 0 Å².